The summed E-state index contributed by atoms with van der Waals surface area (Å²) in [5.41, 5.74) is 0.444. The summed E-state index contributed by atoms with van der Waals surface area (Å²) in [6.45, 7) is 5.59. The highest BCUT2D eigenvalue weighted by atomic mass is 16.3. The topological polar surface area (TPSA) is 104 Å². The molecule has 7 nitrogen and oxygen atoms in total. The van der Waals surface area contributed by atoms with E-state index in [9.17, 15) is 9.59 Å². The number of hydrogen-bond donors (Lipinski definition) is 3. The Morgan fingerprint density at radius 1 is 1.35 bits per heavy atom. The van der Waals surface area contributed by atoms with Gasteiger partial charge in [0.2, 0.25) is 0 Å². The number of aliphatic hydroxyl groups is 1. The SMILES string of the molecule is CC(C)[C@]1(C)N=C(c2nc3ccccc3cc2C(=O)NCCO)NC1=O. The molecular weight excluding hydrogens is 332 g/mol. The number of amides is 2. The van der Waals surface area contributed by atoms with Crippen molar-refractivity contribution in [2.24, 2.45) is 10.9 Å². The fraction of sp³-hybridized carbons (Fsp3) is 0.368. The van der Waals surface area contributed by atoms with Gasteiger partial charge >= 0.3 is 0 Å². The van der Waals surface area contributed by atoms with Gasteiger partial charge in [-0.2, -0.15) is 0 Å². The van der Waals surface area contributed by atoms with Crippen LogP contribution in [0.4, 0.5) is 0 Å². The van der Waals surface area contributed by atoms with Crippen molar-refractivity contribution in [3.05, 3.63) is 41.6 Å². The van der Waals surface area contributed by atoms with Gasteiger partial charge in [-0.1, -0.05) is 32.0 Å². The number of rotatable bonds is 5. The van der Waals surface area contributed by atoms with E-state index in [2.05, 4.69) is 20.6 Å². The van der Waals surface area contributed by atoms with Crippen molar-refractivity contribution in [3.63, 3.8) is 0 Å². The number of aromatic nitrogens is 1. The zero-order chi connectivity index (χ0) is 18.9. The van der Waals surface area contributed by atoms with Crippen LogP contribution in [-0.2, 0) is 4.79 Å². The molecule has 1 aromatic carbocycles. The fourth-order valence-electron chi connectivity index (χ4n) is 2.78. The maximum atomic E-state index is 12.6. The van der Waals surface area contributed by atoms with Crippen LogP contribution in [0.5, 0.6) is 0 Å². The number of aliphatic hydroxyl groups excluding tert-OH is 1. The monoisotopic (exact) mass is 354 g/mol. The van der Waals surface area contributed by atoms with E-state index in [1.54, 1.807) is 13.0 Å². The fourth-order valence-corrected chi connectivity index (χ4v) is 2.78. The van der Waals surface area contributed by atoms with Crippen LogP contribution in [0.15, 0.2) is 35.3 Å². The van der Waals surface area contributed by atoms with Crippen LogP contribution >= 0.6 is 0 Å². The molecule has 0 saturated carbocycles. The summed E-state index contributed by atoms with van der Waals surface area (Å²) in [5, 5.41) is 15.2. The molecule has 1 aromatic heterocycles. The zero-order valence-electron chi connectivity index (χ0n) is 15.0. The number of hydrogen-bond acceptors (Lipinski definition) is 5. The average Bonchev–Trinajstić information content (AvgIpc) is 2.94. The van der Waals surface area contributed by atoms with Gasteiger partial charge in [0.1, 0.15) is 11.2 Å². The van der Waals surface area contributed by atoms with Gasteiger partial charge in [-0.25, -0.2) is 9.98 Å². The molecule has 1 aliphatic heterocycles. The lowest BCUT2D eigenvalue weighted by Gasteiger charge is -2.21. The Hall–Kier alpha value is -2.80. The minimum absolute atomic E-state index is 0.00729. The van der Waals surface area contributed by atoms with Crippen molar-refractivity contribution >= 4 is 28.6 Å². The standard InChI is InChI=1S/C19H22N4O3/c1-11(2)19(3)18(26)22-16(23-19)15-13(17(25)20-8-9-24)10-12-6-4-5-7-14(12)21-15/h4-7,10-11,24H,8-9H2,1-3H3,(H,20,25)(H,22,23,26)/t19-/m0/s1. The molecule has 1 aliphatic rings. The second-order valence-corrected chi connectivity index (χ2v) is 6.77. The van der Waals surface area contributed by atoms with Gasteiger partial charge in [-0.15, -0.1) is 0 Å². The molecule has 0 fully saturated rings. The predicted molar refractivity (Wildman–Crippen MR) is 99.1 cm³/mol. The van der Waals surface area contributed by atoms with E-state index in [0.29, 0.717) is 22.6 Å². The summed E-state index contributed by atoms with van der Waals surface area (Å²) < 4.78 is 0. The summed E-state index contributed by atoms with van der Waals surface area (Å²) in [7, 11) is 0. The minimum Gasteiger partial charge on any atom is -0.395 e. The van der Waals surface area contributed by atoms with Gasteiger partial charge in [0.15, 0.2) is 5.84 Å². The molecule has 0 bridgehead atoms. The first kappa shape index (κ1) is 18.0. The second kappa shape index (κ2) is 6.84. The Morgan fingerprint density at radius 2 is 2.08 bits per heavy atom. The van der Waals surface area contributed by atoms with E-state index in [-0.39, 0.29) is 30.9 Å². The Bertz CT molecular complexity index is 907. The Morgan fingerprint density at radius 3 is 2.73 bits per heavy atom. The number of nitrogens with one attached hydrogen (secondary N) is 2. The second-order valence-electron chi connectivity index (χ2n) is 6.77. The van der Waals surface area contributed by atoms with E-state index in [0.717, 1.165) is 5.39 Å². The quantitative estimate of drug-likeness (QED) is 0.752. The Balaban J connectivity index is 2.15. The molecule has 0 radical (unpaired) electrons. The molecular formula is C19H22N4O3. The molecule has 1 atom stereocenters. The van der Waals surface area contributed by atoms with E-state index in [4.69, 9.17) is 5.11 Å². The largest absolute Gasteiger partial charge is 0.395 e. The highest BCUT2D eigenvalue weighted by Gasteiger charge is 2.43. The first-order chi connectivity index (χ1) is 12.4. The van der Waals surface area contributed by atoms with E-state index < -0.39 is 5.54 Å². The first-order valence-corrected chi connectivity index (χ1v) is 8.57. The van der Waals surface area contributed by atoms with Crippen molar-refractivity contribution in [2.75, 3.05) is 13.2 Å². The Labute approximate surface area is 151 Å². The van der Waals surface area contributed by atoms with Crippen molar-refractivity contribution in [2.45, 2.75) is 26.3 Å². The molecule has 0 aliphatic carbocycles. The molecule has 2 aromatic rings. The number of benzene rings is 1. The first-order valence-electron chi connectivity index (χ1n) is 8.57. The number of nitrogens with zero attached hydrogens (tertiary/aromatic N) is 2. The van der Waals surface area contributed by atoms with Gasteiger partial charge in [-0.3, -0.25) is 9.59 Å². The molecule has 0 unspecified atom stereocenters. The number of aliphatic imine (C=N–C) groups is 1. The predicted octanol–water partition coefficient (Wildman–Crippen LogP) is 1.25. The van der Waals surface area contributed by atoms with Crippen LogP contribution in [0.1, 0.15) is 36.8 Å². The normalized spacial score (nSPS) is 19.6. The molecule has 26 heavy (non-hydrogen) atoms. The summed E-state index contributed by atoms with van der Waals surface area (Å²) in [4.78, 5) is 34.2. The lowest BCUT2D eigenvalue weighted by atomic mass is 9.89. The van der Waals surface area contributed by atoms with E-state index in [1.165, 1.54) is 0 Å². The van der Waals surface area contributed by atoms with Crippen LogP contribution in [0.2, 0.25) is 0 Å². The molecule has 3 rings (SSSR count). The number of amidine groups is 1. The van der Waals surface area contributed by atoms with Crippen molar-refractivity contribution in [1.82, 2.24) is 15.6 Å². The van der Waals surface area contributed by atoms with Crippen LogP contribution in [-0.4, -0.2) is 46.4 Å². The summed E-state index contributed by atoms with van der Waals surface area (Å²) in [5.74, 6) is -0.292. The smallest absolute Gasteiger partial charge is 0.253 e. The molecule has 0 saturated heterocycles. The number of pyridine rings is 1. The van der Waals surface area contributed by atoms with Crippen molar-refractivity contribution in [3.8, 4) is 0 Å². The van der Waals surface area contributed by atoms with Gasteiger partial charge in [0, 0.05) is 11.9 Å². The lowest BCUT2D eigenvalue weighted by Crippen LogP contribution is -2.41. The highest BCUT2D eigenvalue weighted by Crippen LogP contribution is 2.28. The third-order valence-corrected chi connectivity index (χ3v) is 4.75. The molecule has 7 heteroatoms. The summed E-state index contributed by atoms with van der Waals surface area (Å²) in [6.07, 6.45) is 0. The number of para-hydroxylation sites is 1. The van der Waals surface area contributed by atoms with Gasteiger partial charge < -0.3 is 15.7 Å². The molecule has 2 amide bonds. The molecule has 2 heterocycles. The van der Waals surface area contributed by atoms with Gasteiger partial charge in [0.05, 0.1) is 17.7 Å². The van der Waals surface area contributed by atoms with Gasteiger partial charge in [0.25, 0.3) is 11.8 Å². The van der Waals surface area contributed by atoms with Gasteiger partial charge in [-0.05, 0) is 25.0 Å². The maximum Gasteiger partial charge on any atom is 0.253 e. The maximum absolute atomic E-state index is 12.6. The summed E-state index contributed by atoms with van der Waals surface area (Å²) in [6, 6.07) is 9.15. The third kappa shape index (κ3) is 3.06. The Kier molecular flexibility index (Phi) is 4.73. The van der Waals surface area contributed by atoms with E-state index in [1.807, 2.05) is 38.1 Å². The van der Waals surface area contributed by atoms with Crippen molar-refractivity contribution in [1.29, 1.82) is 0 Å². The van der Waals surface area contributed by atoms with Crippen LogP contribution in [0.3, 0.4) is 0 Å². The highest BCUT2D eigenvalue weighted by molar-refractivity contribution is 6.18. The van der Waals surface area contributed by atoms with Crippen molar-refractivity contribution < 1.29 is 14.7 Å². The minimum atomic E-state index is -0.901. The van der Waals surface area contributed by atoms with Crippen LogP contribution in [0, 0.1) is 5.92 Å². The van der Waals surface area contributed by atoms with E-state index >= 15 is 0 Å². The average molecular weight is 354 g/mol. The van der Waals surface area contributed by atoms with Crippen LogP contribution in [0.25, 0.3) is 10.9 Å². The molecule has 3 N–H and O–H groups in total. The lowest BCUT2D eigenvalue weighted by molar-refractivity contribution is -0.124. The molecule has 136 valence electrons. The van der Waals surface area contributed by atoms with Crippen LogP contribution < -0.4 is 10.6 Å². The zero-order valence-corrected chi connectivity index (χ0v) is 15.0. The summed E-state index contributed by atoms with van der Waals surface area (Å²) >= 11 is 0. The number of carbonyl (C=O) groups is 2. The third-order valence-electron chi connectivity index (χ3n) is 4.75. The number of carbonyl (C=O) groups excluding carboxylic acids is 2. The number of fused-ring (bicyclic) bond motifs is 1. The molecule has 0 spiro atoms.